The van der Waals surface area contributed by atoms with Crippen molar-refractivity contribution in [3.05, 3.63) is 35.8 Å². The zero-order chi connectivity index (χ0) is 25.9. The van der Waals surface area contributed by atoms with Crippen LogP contribution in [0.4, 0.5) is 19.4 Å². The summed E-state index contributed by atoms with van der Waals surface area (Å²) in [6, 6.07) is 2.89. The molecule has 6 rings (SSSR count). The molecule has 3 aliphatic rings. The average molecular weight is 516 g/mol. The summed E-state index contributed by atoms with van der Waals surface area (Å²) in [6.45, 7) is 1.35. The van der Waals surface area contributed by atoms with Gasteiger partial charge in [0.15, 0.2) is 0 Å². The molecular formula is C24H22F2N4O7. The standard InChI is InChI=1S/C24H22F2N4O7/c1-12(31)28-19-4-14-15(7-30(22(32)33)17(14)6-27-19)16-5-18(37-13-8-35-9-13)20-21(29-16)23(2-3-34-10-23)36-11-24(20,25)26/h4-7,13H,2-3,8-11H2,1H3,(H,32,33)(H,27,28,31). The number of carbonyl (C=O) groups is 2. The fourth-order valence-corrected chi connectivity index (χ4v) is 4.85. The molecule has 0 radical (unpaired) electrons. The van der Waals surface area contributed by atoms with Gasteiger partial charge in [-0.2, -0.15) is 8.78 Å². The molecule has 0 aliphatic carbocycles. The fourth-order valence-electron chi connectivity index (χ4n) is 4.85. The summed E-state index contributed by atoms with van der Waals surface area (Å²) < 4.78 is 53.9. The molecule has 3 aromatic rings. The predicted molar refractivity (Wildman–Crippen MR) is 123 cm³/mol. The van der Waals surface area contributed by atoms with E-state index in [4.69, 9.17) is 18.9 Å². The second-order valence-electron chi connectivity index (χ2n) is 9.26. The van der Waals surface area contributed by atoms with E-state index >= 15 is 8.78 Å². The number of fused-ring (bicyclic) bond motifs is 3. The molecule has 6 heterocycles. The smallest absolute Gasteiger partial charge is 0.416 e. The summed E-state index contributed by atoms with van der Waals surface area (Å²) in [6.07, 6.45) is 1.28. The summed E-state index contributed by atoms with van der Waals surface area (Å²) in [5.74, 6) is -3.60. The summed E-state index contributed by atoms with van der Waals surface area (Å²) >= 11 is 0. The number of alkyl halides is 2. The minimum absolute atomic E-state index is 0.00126. The first-order valence-electron chi connectivity index (χ1n) is 11.6. The Balaban J connectivity index is 1.60. The Labute approximate surface area is 208 Å². The van der Waals surface area contributed by atoms with Gasteiger partial charge in [0.1, 0.15) is 29.9 Å². The van der Waals surface area contributed by atoms with Gasteiger partial charge in [-0.3, -0.25) is 9.36 Å². The number of nitrogens with one attached hydrogen (secondary N) is 1. The van der Waals surface area contributed by atoms with E-state index in [1.54, 1.807) is 0 Å². The second-order valence-corrected chi connectivity index (χ2v) is 9.26. The van der Waals surface area contributed by atoms with Crippen molar-refractivity contribution in [2.45, 2.75) is 31.0 Å². The molecule has 2 saturated heterocycles. The van der Waals surface area contributed by atoms with E-state index in [1.165, 1.54) is 31.5 Å². The zero-order valence-electron chi connectivity index (χ0n) is 19.6. The maximum Gasteiger partial charge on any atom is 0.416 e. The van der Waals surface area contributed by atoms with Crippen molar-refractivity contribution in [2.24, 2.45) is 0 Å². The topological polar surface area (TPSA) is 134 Å². The molecule has 1 amide bonds. The number of halogens is 2. The maximum absolute atomic E-state index is 15.3. The Hall–Kier alpha value is -3.68. The van der Waals surface area contributed by atoms with Crippen molar-refractivity contribution in [3.8, 4) is 17.0 Å². The first-order chi connectivity index (χ1) is 17.7. The van der Waals surface area contributed by atoms with E-state index in [-0.39, 0.29) is 59.8 Å². The highest BCUT2D eigenvalue weighted by atomic mass is 19.3. The van der Waals surface area contributed by atoms with Crippen LogP contribution in [0.3, 0.4) is 0 Å². The Kier molecular flexibility index (Phi) is 5.40. The number of anilines is 1. The number of carboxylic acid groups (broad SMARTS) is 1. The van der Waals surface area contributed by atoms with Gasteiger partial charge in [0.25, 0.3) is 0 Å². The third-order valence-corrected chi connectivity index (χ3v) is 6.67. The van der Waals surface area contributed by atoms with Gasteiger partial charge in [-0.05, 0) is 6.07 Å². The van der Waals surface area contributed by atoms with Gasteiger partial charge in [-0.25, -0.2) is 14.8 Å². The normalized spacial score (nSPS) is 22.6. The highest BCUT2D eigenvalue weighted by molar-refractivity contribution is 6.01. The van der Waals surface area contributed by atoms with Gasteiger partial charge < -0.3 is 29.4 Å². The van der Waals surface area contributed by atoms with E-state index in [0.29, 0.717) is 24.0 Å². The molecule has 11 nitrogen and oxygen atoms in total. The molecule has 3 aromatic heterocycles. The molecule has 194 valence electrons. The maximum atomic E-state index is 15.3. The molecule has 0 aromatic carbocycles. The Bertz CT molecular complexity index is 1430. The molecule has 3 aliphatic heterocycles. The molecule has 0 saturated carbocycles. The number of hydrogen-bond acceptors (Lipinski definition) is 8. The van der Waals surface area contributed by atoms with Crippen LogP contribution in [0.1, 0.15) is 24.6 Å². The van der Waals surface area contributed by atoms with Crippen LogP contribution in [0.2, 0.25) is 0 Å². The molecule has 1 unspecified atom stereocenters. The van der Waals surface area contributed by atoms with Crippen LogP contribution in [0.25, 0.3) is 22.2 Å². The lowest BCUT2D eigenvalue weighted by molar-refractivity contribution is -0.172. The monoisotopic (exact) mass is 516 g/mol. The number of rotatable bonds is 4. The van der Waals surface area contributed by atoms with E-state index < -0.39 is 30.3 Å². The minimum atomic E-state index is -3.37. The van der Waals surface area contributed by atoms with E-state index in [0.717, 1.165) is 4.57 Å². The van der Waals surface area contributed by atoms with E-state index in [1.807, 2.05) is 0 Å². The number of carbonyl (C=O) groups excluding carboxylic acids is 1. The highest BCUT2D eigenvalue weighted by Crippen LogP contribution is 2.51. The summed E-state index contributed by atoms with van der Waals surface area (Å²) in [4.78, 5) is 32.3. The lowest BCUT2D eigenvalue weighted by Gasteiger charge is -2.39. The zero-order valence-corrected chi connectivity index (χ0v) is 19.6. The van der Waals surface area contributed by atoms with Crippen molar-refractivity contribution in [3.63, 3.8) is 0 Å². The second kappa shape index (κ2) is 8.43. The van der Waals surface area contributed by atoms with Crippen LogP contribution in [-0.2, 0) is 30.5 Å². The Morgan fingerprint density at radius 2 is 2.05 bits per heavy atom. The van der Waals surface area contributed by atoms with Gasteiger partial charge in [-0.15, -0.1) is 0 Å². The lowest BCUT2D eigenvalue weighted by Crippen LogP contribution is -2.45. The average Bonchev–Trinajstić information content (AvgIpc) is 3.44. The number of hydrogen-bond donors (Lipinski definition) is 2. The largest absolute Gasteiger partial charge is 0.485 e. The first-order valence-corrected chi connectivity index (χ1v) is 11.6. The quantitative estimate of drug-likeness (QED) is 0.536. The molecule has 1 spiro atoms. The van der Waals surface area contributed by atoms with Crippen LogP contribution in [0.5, 0.6) is 5.75 Å². The van der Waals surface area contributed by atoms with Crippen molar-refractivity contribution < 1.29 is 42.4 Å². The van der Waals surface area contributed by atoms with Gasteiger partial charge in [0.05, 0.1) is 48.5 Å². The van der Waals surface area contributed by atoms with E-state index in [2.05, 4.69) is 15.3 Å². The molecule has 2 fully saturated rings. The number of amides is 1. The van der Waals surface area contributed by atoms with Crippen LogP contribution in [-0.4, -0.2) is 70.8 Å². The van der Waals surface area contributed by atoms with Crippen LogP contribution >= 0.6 is 0 Å². The number of aromatic nitrogens is 3. The van der Waals surface area contributed by atoms with Gasteiger partial charge in [0, 0.05) is 43.2 Å². The lowest BCUT2D eigenvalue weighted by atomic mass is 9.87. The molecule has 0 bridgehead atoms. The van der Waals surface area contributed by atoms with Crippen molar-refractivity contribution in [1.29, 1.82) is 0 Å². The van der Waals surface area contributed by atoms with Gasteiger partial charge in [-0.1, -0.05) is 0 Å². The highest BCUT2D eigenvalue weighted by Gasteiger charge is 2.54. The van der Waals surface area contributed by atoms with Crippen molar-refractivity contribution >= 4 is 28.7 Å². The van der Waals surface area contributed by atoms with Crippen LogP contribution in [0.15, 0.2) is 24.5 Å². The SMILES string of the molecule is CC(=O)Nc1cc2c(-c3cc(OC4COC4)c4c(n3)C3(CCOC3)OCC4(F)F)cn(C(=O)O)c2cn1. The number of nitrogens with zero attached hydrogens (tertiary/aromatic N) is 3. The molecule has 13 heteroatoms. The number of pyridine rings is 2. The molecular weight excluding hydrogens is 494 g/mol. The van der Waals surface area contributed by atoms with Gasteiger partial charge in [0.2, 0.25) is 5.91 Å². The van der Waals surface area contributed by atoms with Crippen molar-refractivity contribution in [1.82, 2.24) is 14.5 Å². The number of ether oxygens (including phenoxy) is 4. The van der Waals surface area contributed by atoms with Gasteiger partial charge >= 0.3 is 12.0 Å². The molecule has 1 atom stereocenters. The first kappa shape index (κ1) is 23.7. The molecule has 37 heavy (non-hydrogen) atoms. The van der Waals surface area contributed by atoms with Crippen LogP contribution < -0.4 is 10.1 Å². The Morgan fingerprint density at radius 3 is 2.70 bits per heavy atom. The van der Waals surface area contributed by atoms with Crippen LogP contribution in [0, 0.1) is 0 Å². The summed E-state index contributed by atoms with van der Waals surface area (Å²) in [7, 11) is 0. The Morgan fingerprint density at radius 1 is 1.24 bits per heavy atom. The summed E-state index contributed by atoms with van der Waals surface area (Å²) in [5.41, 5.74) is -0.788. The fraction of sp³-hybridized carbons (Fsp3) is 0.417. The van der Waals surface area contributed by atoms with E-state index in [9.17, 15) is 14.7 Å². The minimum Gasteiger partial charge on any atom is -0.485 e. The van der Waals surface area contributed by atoms with Crippen molar-refractivity contribution in [2.75, 3.05) is 38.4 Å². The third kappa shape index (κ3) is 3.90. The third-order valence-electron chi connectivity index (χ3n) is 6.67. The predicted octanol–water partition coefficient (Wildman–Crippen LogP) is 3.10. The molecule has 2 N–H and O–H groups in total. The summed E-state index contributed by atoms with van der Waals surface area (Å²) in [5, 5.41) is 12.7.